The van der Waals surface area contributed by atoms with Gasteiger partial charge in [0.25, 0.3) is 0 Å². The van der Waals surface area contributed by atoms with E-state index in [0.717, 1.165) is 36.1 Å². The van der Waals surface area contributed by atoms with Crippen LogP contribution < -0.4 is 10.2 Å². The molecule has 102 valence electrons. The Morgan fingerprint density at radius 2 is 2.11 bits per heavy atom. The number of hydrogen-bond acceptors (Lipinski definition) is 5. The third kappa shape index (κ3) is 3.23. The van der Waals surface area contributed by atoms with Crippen molar-refractivity contribution in [2.45, 2.75) is 27.3 Å². The second kappa shape index (κ2) is 6.02. The number of aryl methyl sites for hydroxylation is 1. The molecule has 0 fully saturated rings. The number of anilines is 2. The third-order valence-electron chi connectivity index (χ3n) is 2.94. The third-order valence-corrected chi connectivity index (χ3v) is 3.67. The van der Waals surface area contributed by atoms with Crippen molar-refractivity contribution < 1.29 is 0 Å². The van der Waals surface area contributed by atoms with Gasteiger partial charge < -0.3 is 10.2 Å². The Hall–Kier alpha value is -1.62. The van der Waals surface area contributed by atoms with Crippen LogP contribution in [-0.4, -0.2) is 23.6 Å². The van der Waals surface area contributed by atoms with Crippen LogP contribution >= 0.6 is 11.3 Å². The van der Waals surface area contributed by atoms with Gasteiger partial charge in [-0.1, -0.05) is 0 Å². The van der Waals surface area contributed by atoms with Gasteiger partial charge in [-0.2, -0.15) is 11.3 Å². The zero-order valence-corrected chi connectivity index (χ0v) is 12.7. The summed E-state index contributed by atoms with van der Waals surface area (Å²) in [6.07, 6.45) is 0. The van der Waals surface area contributed by atoms with Crippen molar-refractivity contribution in [2.75, 3.05) is 23.8 Å². The van der Waals surface area contributed by atoms with Crippen molar-refractivity contribution >= 4 is 23.0 Å². The minimum Gasteiger partial charge on any atom is -0.370 e. The second-order valence-corrected chi connectivity index (χ2v) is 5.37. The lowest BCUT2D eigenvalue weighted by Crippen LogP contribution is -2.20. The maximum absolute atomic E-state index is 4.57. The van der Waals surface area contributed by atoms with Crippen molar-refractivity contribution in [2.24, 2.45) is 0 Å². The molecule has 0 saturated heterocycles. The number of rotatable bonds is 5. The molecule has 2 aromatic heterocycles. The molecule has 0 saturated carbocycles. The van der Waals surface area contributed by atoms with E-state index in [1.165, 1.54) is 5.56 Å². The summed E-state index contributed by atoms with van der Waals surface area (Å²) in [4.78, 5) is 11.2. The molecule has 0 aromatic carbocycles. The molecule has 0 bridgehead atoms. The van der Waals surface area contributed by atoms with Gasteiger partial charge in [-0.15, -0.1) is 0 Å². The summed E-state index contributed by atoms with van der Waals surface area (Å²) < 4.78 is 0. The number of nitrogens with one attached hydrogen (secondary N) is 1. The quantitative estimate of drug-likeness (QED) is 0.910. The van der Waals surface area contributed by atoms with Crippen LogP contribution in [0.2, 0.25) is 0 Å². The van der Waals surface area contributed by atoms with Gasteiger partial charge in [-0.3, -0.25) is 0 Å². The maximum Gasteiger partial charge on any atom is 0.137 e. The van der Waals surface area contributed by atoms with Gasteiger partial charge in [0, 0.05) is 25.7 Å². The molecule has 0 aliphatic rings. The Morgan fingerprint density at radius 3 is 2.74 bits per heavy atom. The van der Waals surface area contributed by atoms with Crippen molar-refractivity contribution in [3.05, 3.63) is 33.8 Å². The average Bonchev–Trinajstić information content (AvgIpc) is 2.86. The predicted molar refractivity (Wildman–Crippen MR) is 82.1 cm³/mol. The fourth-order valence-corrected chi connectivity index (χ4v) is 2.72. The molecule has 19 heavy (non-hydrogen) atoms. The van der Waals surface area contributed by atoms with Gasteiger partial charge in [0.1, 0.15) is 17.5 Å². The summed E-state index contributed by atoms with van der Waals surface area (Å²) >= 11 is 1.72. The van der Waals surface area contributed by atoms with E-state index in [-0.39, 0.29) is 0 Å². The van der Waals surface area contributed by atoms with Gasteiger partial charge in [0.15, 0.2) is 0 Å². The standard InChI is InChI=1S/C14H20N4S/c1-5-15-13-10(2)14(17-11(3)16-13)18(4)8-12-6-7-19-9-12/h6-7,9H,5,8H2,1-4H3,(H,15,16,17). The highest BCUT2D eigenvalue weighted by Gasteiger charge is 2.12. The summed E-state index contributed by atoms with van der Waals surface area (Å²) in [7, 11) is 2.07. The van der Waals surface area contributed by atoms with Crippen molar-refractivity contribution in [3.8, 4) is 0 Å². The monoisotopic (exact) mass is 276 g/mol. The Morgan fingerprint density at radius 1 is 1.32 bits per heavy atom. The van der Waals surface area contributed by atoms with E-state index in [2.05, 4.69) is 57.9 Å². The van der Waals surface area contributed by atoms with Gasteiger partial charge in [-0.25, -0.2) is 9.97 Å². The normalized spacial score (nSPS) is 10.5. The SMILES string of the molecule is CCNc1nc(C)nc(N(C)Cc2ccsc2)c1C. The molecule has 4 nitrogen and oxygen atoms in total. The molecule has 2 heterocycles. The van der Waals surface area contributed by atoms with Crippen molar-refractivity contribution in [3.63, 3.8) is 0 Å². The van der Waals surface area contributed by atoms with Crippen LogP contribution in [-0.2, 0) is 6.54 Å². The Bertz CT molecular complexity index is 537. The molecule has 0 atom stereocenters. The van der Waals surface area contributed by atoms with E-state index in [1.807, 2.05) is 6.92 Å². The Labute approximate surface area is 118 Å². The van der Waals surface area contributed by atoms with Crippen LogP contribution in [0.3, 0.4) is 0 Å². The first-order valence-electron chi connectivity index (χ1n) is 6.43. The van der Waals surface area contributed by atoms with Crippen LogP contribution in [0, 0.1) is 13.8 Å². The van der Waals surface area contributed by atoms with Gasteiger partial charge in [-0.05, 0) is 43.2 Å². The largest absolute Gasteiger partial charge is 0.370 e. The van der Waals surface area contributed by atoms with Crippen LogP contribution in [0.15, 0.2) is 16.8 Å². The van der Waals surface area contributed by atoms with Crippen LogP contribution in [0.25, 0.3) is 0 Å². The van der Waals surface area contributed by atoms with E-state index in [0.29, 0.717) is 0 Å². The fourth-order valence-electron chi connectivity index (χ4n) is 2.06. The van der Waals surface area contributed by atoms with E-state index >= 15 is 0 Å². The zero-order valence-electron chi connectivity index (χ0n) is 11.9. The lowest BCUT2D eigenvalue weighted by Gasteiger charge is -2.21. The molecule has 1 N–H and O–H groups in total. The van der Waals surface area contributed by atoms with Gasteiger partial charge in [0.2, 0.25) is 0 Å². The van der Waals surface area contributed by atoms with E-state index < -0.39 is 0 Å². The summed E-state index contributed by atoms with van der Waals surface area (Å²) in [5, 5.41) is 7.57. The highest BCUT2D eigenvalue weighted by atomic mass is 32.1. The molecule has 0 aliphatic heterocycles. The Balaban J connectivity index is 2.27. The molecule has 5 heteroatoms. The van der Waals surface area contributed by atoms with Crippen molar-refractivity contribution in [1.29, 1.82) is 0 Å². The predicted octanol–water partition coefficient (Wildman–Crippen LogP) is 3.22. The minimum atomic E-state index is 0.800. The highest BCUT2D eigenvalue weighted by molar-refractivity contribution is 7.07. The first-order chi connectivity index (χ1) is 9.11. The summed E-state index contributed by atoms with van der Waals surface area (Å²) in [5.41, 5.74) is 2.42. The molecule has 2 aromatic rings. The van der Waals surface area contributed by atoms with Crippen LogP contribution in [0.5, 0.6) is 0 Å². The molecule has 0 radical (unpaired) electrons. The molecular formula is C14H20N4S. The Kier molecular flexibility index (Phi) is 4.37. The van der Waals surface area contributed by atoms with E-state index in [1.54, 1.807) is 11.3 Å². The number of nitrogens with zero attached hydrogens (tertiary/aromatic N) is 3. The number of aromatic nitrogens is 2. The molecule has 2 rings (SSSR count). The summed E-state index contributed by atoms with van der Waals surface area (Å²) in [5.74, 6) is 2.73. The highest BCUT2D eigenvalue weighted by Crippen LogP contribution is 2.24. The summed E-state index contributed by atoms with van der Waals surface area (Å²) in [6, 6.07) is 2.15. The maximum atomic E-state index is 4.57. The summed E-state index contributed by atoms with van der Waals surface area (Å²) in [6.45, 7) is 7.81. The van der Waals surface area contributed by atoms with Crippen LogP contribution in [0.4, 0.5) is 11.6 Å². The lowest BCUT2D eigenvalue weighted by atomic mass is 10.2. The minimum absolute atomic E-state index is 0.800. The fraction of sp³-hybridized carbons (Fsp3) is 0.429. The molecule has 0 unspecified atom stereocenters. The molecule has 0 amide bonds. The lowest BCUT2D eigenvalue weighted by molar-refractivity contribution is 0.872. The first kappa shape index (κ1) is 13.8. The molecule has 0 aliphatic carbocycles. The molecule has 0 spiro atoms. The van der Waals surface area contributed by atoms with Gasteiger partial charge >= 0.3 is 0 Å². The second-order valence-electron chi connectivity index (χ2n) is 4.59. The van der Waals surface area contributed by atoms with Crippen LogP contribution in [0.1, 0.15) is 23.9 Å². The van der Waals surface area contributed by atoms with E-state index in [4.69, 9.17) is 0 Å². The van der Waals surface area contributed by atoms with Crippen molar-refractivity contribution in [1.82, 2.24) is 9.97 Å². The number of thiophene rings is 1. The average molecular weight is 276 g/mol. The topological polar surface area (TPSA) is 41.1 Å². The number of hydrogen-bond donors (Lipinski definition) is 1. The molecular weight excluding hydrogens is 256 g/mol. The smallest absolute Gasteiger partial charge is 0.137 e. The van der Waals surface area contributed by atoms with Gasteiger partial charge in [0.05, 0.1) is 0 Å². The first-order valence-corrected chi connectivity index (χ1v) is 7.37. The zero-order chi connectivity index (χ0) is 13.8. The van der Waals surface area contributed by atoms with E-state index in [9.17, 15) is 0 Å².